The van der Waals surface area contributed by atoms with Crippen LogP contribution in [0.25, 0.3) is 0 Å². The van der Waals surface area contributed by atoms with Crippen molar-refractivity contribution in [3.63, 3.8) is 0 Å². The lowest BCUT2D eigenvalue weighted by molar-refractivity contribution is -0.127. The van der Waals surface area contributed by atoms with Crippen LogP contribution in [0.1, 0.15) is 19.3 Å². The number of amides is 1. The maximum Gasteiger partial charge on any atom is 0.240 e. The van der Waals surface area contributed by atoms with E-state index in [0.29, 0.717) is 44.9 Å². The van der Waals surface area contributed by atoms with E-state index in [1.54, 1.807) is 24.1 Å². The average Bonchev–Trinajstić information content (AvgIpc) is 2.97. The van der Waals surface area contributed by atoms with Crippen LogP contribution in [0, 0.1) is 0 Å². The van der Waals surface area contributed by atoms with Gasteiger partial charge in [0, 0.05) is 33.2 Å². The predicted octanol–water partition coefficient (Wildman–Crippen LogP) is 1.00. The summed E-state index contributed by atoms with van der Waals surface area (Å²) >= 11 is 0. The molecule has 1 fully saturated rings. The second kappa shape index (κ2) is 9.00. The Kier molecular flexibility index (Phi) is 7.01. The van der Waals surface area contributed by atoms with Crippen LogP contribution in [-0.4, -0.2) is 59.2 Å². The second-order valence-corrected chi connectivity index (χ2v) is 7.32. The third-order valence-electron chi connectivity index (χ3n) is 3.76. The Hall–Kier alpha value is -1.64. The molecule has 0 atom stereocenters. The topological polar surface area (TPSA) is 84.9 Å². The highest BCUT2D eigenvalue weighted by molar-refractivity contribution is 7.89. The van der Waals surface area contributed by atoms with E-state index in [1.807, 2.05) is 0 Å². The third kappa shape index (κ3) is 5.47. The van der Waals surface area contributed by atoms with Crippen LogP contribution in [0.15, 0.2) is 29.2 Å². The molecule has 0 saturated carbocycles. The first-order valence-corrected chi connectivity index (χ1v) is 9.50. The van der Waals surface area contributed by atoms with Gasteiger partial charge in [0.1, 0.15) is 12.4 Å². The number of sulfonamides is 1. The number of carbonyl (C=O) groups excluding carboxylic acids is 1. The van der Waals surface area contributed by atoms with E-state index in [2.05, 4.69) is 4.72 Å². The third-order valence-corrected chi connectivity index (χ3v) is 5.24. The number of ether oxygens (including phenoxy) is 2. The number of nitrogens with one attached hydrogen (secondary N) is 1. The summed E-state index contributed by atoms with van der Waals surface area (Å²) in [7, 11) is -1.96. The van der Waals surface area contributed by atoms with Crippen LogP contribution >= 0.6 is 0 Å². The molecule has 1 aliphatic heterocycles. The molecular weight excluding hydrogens is 332 g/mol. The quantitative estimate of drug-likeness (QED) is 0.632. The SMILES string of the molecule is COCCOc1ccc(S(=O)(=O)NCCCN2CCCC2=O)cc1. The Morgan fingerprint density at radius 1 is 1.21 bits per heavy atom. The van der Waals surface area contributed by atoms with Gasteiger partial charge in [0.2, 0.25) is 15.9 Å². The summed E-state index contributed by atoms with van der Waals surface area (Å²) in [4.78, 5) is 13.5. The number of carbonyl (C=O) groups is 1. The Morgan fingerprint density at radius 3 is 2.58 bits per heavy atom. The number of benzene rings is 1. The lowest BCUT2D eigenvalue weighted by Crippen LogP contribution is -2.30. The minimum absolute atomic E-state index is 0.155. The molecule has 24 heavy (non-hydrogen) atoms. The first kappa shape index (κ1) is 18.7. The molecule has 0 aromatic heterocycles. The molecule has 0 spiro atoms. The van der Waals surface area contributed by atoms with Gasteiger partial charge in [-0.15, -0.1) is 0 Å². The zero-order valence-electron chi connectivity index (χ0n) is 13.9. The summed E-state index contributed by atoms with van der Waals surface area (Å²) in [5.41, 5.74) is 0. The van der Waals surface area contributed by atoms with E-state index in [4.69, 9.17) is 9.47 Å². The number of rotatable bonds is 10. The van der Waals surface area contributed by atoms with Gasteiger partial charge in [0.05, 0.1) is 11.5 Å². The lowest BCUT2D eigenvalue weighted by atomic mass is 10.3. The lowest BCUT2D eigenvalue weighted by Gasteiger charge is -2.15. The van der Waals surface area contributed by atoms with Gasteiger partial charge in [0.25, 0.3) is 0 Å². The fourth-order valence-electron chi connectivity index (χ4n) is 2.46. The van der Waals surface area contributed by atoms with Crippen LogP contribution in [-0.2, 0) is 19.6 Å². The molecule has 1 aromatic carbocycles. The van der Waals surface area contributed by atoms with Gasteiger partial charge in [-0.25, -0.2) is 13.1 Å². The highest BCUT2D eigenvalue weighted by atomic mass is 32.2. The summed E-state index contributed by atoms with van der Waals surface area (Å²) in [5, 5.41) is 0. The maximum absolute atomic E-state index is 12.2. The van der Waals surface area contributed by atoms with Crippen molar-refractivity contribution in [3.8, 4) is 5.75 Å². The zero-order valence-corrected chi connectivity index (χ0v) is 14.7. The van der Waals surface area contributed by atoms with Crippen LogP contribution < -0.4 is 9.46 Å². The van der Waals surface area contributed by atoms with Gasteiger partial charge in [-0.3, -0.25) is 4.79 Å². The fraction of sp³-hybridized carbons (Fsp3) is 0.562. The molecule has 8 heteroatoms. The molecule has 1 heterocycles. The minimum atomic E-state index is -3.55. The fourth-order valence-corrected chi connectivity index (χ4v) is 3.53. The number of methoxy groups -OCH3 is 1. The van der Waals surface area contributed by atoms with Crippen molar-refractivity contribution in [3.05, 3.63) is 24.3 Å². The van der Waals surface area contributed by atoms with E-state index in [1.165, 1.54) is 12.1 Å². The van der Waals surface area contributed by atoms with Crippen molar-refractivity contribution < 1.29 is 22.7 Å². The molecule has 1 aromatic rings. The van der Waals surface area contributed by atoms with E-state index in [9.17, 15) is 13.2 Å². The zero-order chi connectivity index (χ0) is 17.4. The highest BCUT2D eigenvalue weighted by Crippen LogP contribution is 2.16. The van der Waals surface area contributed by atoms with Crippen molar-refractivity contribution in [2.75, 3.05) is 40.0 Å². The monoisotopic (exact) mass is 356 g/mol. The molecular formula is C16H24N2O5S. The summed E-state index contributed by atoms with van der Waals surface area (Å²) < 4.78 is 37.3. The van der Waals surface area contributed by atoms with Gasteiger partial charge in [-0.05, 0) is 37.1 Å². The smallest absolute Gasteiger partial charge is 0.240 e. The molecule has 0 radical (unpaired) electrons. The van der Waals surface area contributed by atoms with Crippen LogP contribution in [0.2, 0.25) is 0 Å². The molecule has 0 bridgehead atoms. The Morgan fingerprint density at radius 2 is 1.96 bits per heavy atom. The van der Waals surface area contributed by atoms with Gasteiger partial charge in [0.15, 0.2) is 0 Å². The molecule has 0 unspecified atom stereocenters. The molecule has 1 N–H and O–H groups in total. The normalized spacial score (nSPS) is 15.0. The first-order valence-electron chi connectivity index (χ1n) is 8.02. The maximum atomic E-state index is 12.2. The summed E-state index contributed by atoms with van der Waals surface area (Å²) in [6.45, 7) is 2.55. The van der Waals surface area contributed by atoms with Crippen molar-refractivity contribution >= 4 is 15.9 Å². The van der Waals surface area contributed by atoms with Crippen LogP contribution in [0.5, 0.6) is 5.75 Å². The van der Waals surface area contributed by atoms with E-state index in [-0.39, 0.29) is 10.8 Å². The second-order valence-electron chi connectivity index (χ2n) is 5.55. The largest absolute Gasteiger partial charge is 0.491 e. The Balaban J connectivity index is 1.78. The van der Waals surface area contributed by atoms with Crippen molar-refractivity contribution in [2.45, 2.75) is 24.2 Å². The molecule has 2 rings (SSSR count). The predicted molar refractivity (Wildman–Crippen MR) is 89.4 cm³/mol. The van der Waals surface area contributed by atoms with Gasteiger partial charge in [-0.2, -0.15) is 0 Å². The molecule has 1 amide bonds. The number of likely N-dealkylation sites (tertiary alicyclic amines) is 1. The summed E-state index contributed by atoms with van der Waals surface area (Å²) in [6.07, 6.45) is 2.09. The van der Waals surface area contributed by atoms with E-state index in [0.717, 1.165) is 13.0 Å². The van der Waals surface area contributed by atoms with Gasteiger partial charge in [-0.1, -0.05) is 0 Å². The van der Waals surface area contributed by atoms with Crippen LogP contribution in [0.3, 0.4) is 0 Å². The molecule has 134 valence electrons. The number of nitrogens with zero attached hydrogens (tertiary/aromatic N) is 1. The first-order chi connectivity index (χ1) is 11.5. The molecule has 0 aliphatic carbocycles. The standard InChI is InChI=1S/C16H24N2O5S/c1-22-12-13-23-14-5-7-15(8-6-14)24(20,21)17-9-3-11-18-10-2-4-16(18)19/h5-8,17H,2-4,9-13H2,1H3. The van der Waals surface area contributed by atoms with Gasteiger partial charge >= 0.3 is 0 Å². The Labute approximate surface area is 143 Å². The minimum Gasteiger partial charge on any atom is -0.491 e. The molecule has 7 nitrogen and oxygen atoms in total. The van der Waals surface area contributed by atoms with Crippen LogP contribution in [0.4, 0.5) is 0 Å². The van der Waals surface area contributed by atoms with E-state index < -0.39 is 10.0 Å². The van der Waals surface area contributed by atoms with Crippen molar-refractivity contribution in [1.82, 2.24) is 9.62 Å². The van der Waals surface area contributed by atoms with Crippen molar-refractivity contribution in [1.29, 1.82) is 0 Å². The number of hydrogen-bond donors (Lipinski definition) is 1. The summed E-state index contributed by atoms with van der Waals surface area (Å²) in [5.74, 6) is 0.750. The van der Waals surface area contributed by atoms with E-state index >= 15 is 0 Å². The number of hydrogen-bond acceptors (Lipinski definition) is 5. The molecule has 1 aliphatic rings. The Bertz CT molecular complexity index is 630. The average molecular weight is 356 g/mol. The van der Waals surface area contributed by atoms with Gasteiger partial charge < -0.3 is 14.4 Å². The molecule has 1 saturated heterocycles. The van der Waals surface area contributed by atoms with Crippen molar-refractivity contribution in [2.24, 2.45) is 0 Å². The summed E-state index contributed by atoms with van der Waals surface area (Å²) in [6, 6.07) is 6.25. The highest BCUT2D eigenvalue weighted by Gasteiger charge is 2.19.